The Morgan fingerprint density at radius 2 is 2.14 bits per heavy atom. The Hall–Kier alpha value is -1.26. The first-order valence-electron chi connectivity index (χ1n) is 8.08. The third kappa shape index (κ3) is 3.16. The van der Waals surface area contributed by atoms with Crippen LogP contribution >= 0.6 is 0 Å². The number of hydrogen-bond acceptors (Lipinski definition) is 4. The maximum Gasteiger partial charge on any atom is 0.123 e. The van der Waals surface area contributed by atoms with E-state index in [2.05, 4.69) is 22.8 Å². The van der Waals surface area contributed by atoms with E-state index in [1.807, 2.05) is 12.1 Å². The lowest BCUT2D eigenvalue weighted by atomic mass is 9.96. The molecule has 4 nitrogen and oxygen atoms in total. The van der Waals surface area contributed by atoms with Crippen LogP contribution in [0.5, 0.6) is 5.75 Å². The van der Waals surface area contributed by atoms with E-state index >= 15 is 0 Å². The Bertz CT molecular complexity index is 491. The standard InChI is InChI=1S/C17H27N3O/c1-13-10-19-8-4-3-5-16(19)12-20(13)11-14-9-15(18)6-7-17(14)21-2/h6-7,9,13,16H,3-5,8,10-12,18H2,1-2H3. The number of nitrogens with zero attached hydrogens (tertiary/aromatic N) is 2. The summed E-state index contributed by atoms with van der Waals surface area (Å²) in [5.74, 6) is 0.947. The number of hydrogen-bond donors (Lipinski definition) is 1. The molecule has 2 aliphatic rings. The third-order valence-corrected chi connectivity index (χ3v) is 4.99. The lowest BCUT2D eigenvalue weighted by Gasteiger charge is -2.47. The first-order valence-corrected chi connectivity index (χ1v) is 8.08. The molecule has 0 saturated carbocycles. The molecule has 2 atom stereocenters. The number of piperazine rings is 1. The summed E-state index contributed by atoms with van der Waals surface area (Å²) in [5, 5.41) is 0. The average Bonchev–Trinajstić information content (AvgIpc) is 2.48. The Labute approximate surface area is 127 Å². The molecule has 2 heterocycles. The molecule has 1 aromatic rings. The van der Waals surface area contributed by atoms with Crippen LogP contribution in [0.1, 0.15) is 31.7 Å². The molecule has 0 radical (unpaired) electrons. The Kier molecular flexibility index (Phi) is 4.36. The van der Waals surface area contributed by atoms with E-state index in [4.69, 9.17) is 10.5 Å². The number of methoxy groups -OCH3 is 1. The van der Waals surface area contributed by atoms with Crippen LogP contribution in [0, 0.1) is 0 Å². The molecule has 1 aromatic carbocycles. The summed E-state index contributed by atoms with van der Waals surface area (Å²) in [6, 6.07) is 7.27. The molecule has 4 heteroatoms. The number of rotatable bonds is 3. The molecular weight excluding hydrogens is 262 g/mol. The van der Waals surface area contributed by atoms with Crippen LogP contribution in [0.2, 0.25) is 0 Å². The van der Waals surface area contributed by atoms with Gasteiger partial charge in [0.2, 0.25) is 0 Å². The number of nitrogen functional groups attached to an aromatic ring is 1. The zero-order valence-corrected chi connectivity index (χ0v) is 13.2. The van der Waals surface area contributed by atoms with E-state index in [1.54, 1.807) is 7.11 Å². The number of anilines is 1. The minimum Gasteiger partial charge on any atom is -0.496 e. The predicted molar refractivity (Wildman–Crippen MR) is 86.5 cm³/mol. The van der Waals surface area contributed by atoms with Crippen molar-refractivity contribution >= 4 is 5.69 Å². The van der Waals surface area contributed by atoms with Gasteiger partial charge in [-0.25, -0.2) is 0 Å². The summed E-state index contributed by atoms with van der Waals surface area (Å²) in [6.45, 7) is 6.90. The van der Waals surface area contributed by atoms with Crippen LogP contribution in [0.4, 0.5) is 5.69 Å². The van der Waals surface area contributed by atoms with Gasteiger partial charge < -0.3 is 10.5 Å². The fourth-order valence-corrected chi connectivity index (χ4v) is 3.77. The fraction of sp³-hybridized carbons (Fsp3) is 0.647. The lowest BCUT2D eigenvalue weighted by Crippen LogP contribution is -2.58. The van der Waals surface area contributed by atoms with Gasteiger partial charge >= 0.3 is 0 Å². The smallest absolute Gasteiger partial charge is 0.123 e. The van der Waals surface area contributed by atoms with Crippen LogP contribution < -0.4 is 10.5 Å². The minimum absolute atomic E-state index is 0.588. The van der Waals surface area contributed by atoms with Gasteiger partial charge in [-0.2, -0.15) is 0 Å². The molecule has 0 spiro atoms. The molecule has 0 amide bonds. The molecule has 3 rings (SSSR count). The first-order chi connectivity index (χ1) is 10.2. The molecule has 0 aliphatic carbocycles. The summed E-state index contributed by atoms with van der Waals surface area (Å²) >= 11 is 0. The number of nitrogens with two attached hydrogens (primary N) is 1. The number of ether oxygens (including phenoxy) is 1. The SMILES string of the molecule is COc1ccc(N)cc1CN1CC2CCCCN2CC1C. The van der Waals surface area contributed by atoms with Crippen molar-refractivity contribution in [1.82, 2.24) is 9.80 Å². The lowest BCUT2D eigenvalue weighted by molar-refractivity contribution is 0.0108. The quantitative estimate of drug-likeness (QED) is 0.867. The average molecular weight is 289 g/mol. The van der Waals surface area contributed by atoms with E-state index in [9.17, 15) is 0 Å². The van der Waals surface area contributed by atoms with E-state index in [1.165, 1.54) is 44.5 Å². The summed E-state index contributed by atoms with van der Waals surface area (Å²) in [4.78, 5) is 5.27. The van der Waals surface area contributed by atoms with Crippen LogP contribution in [-0.2, 0) is 6.54 Å². The van der Waals surface area contributed by atoms with E-state index in [-0.39, 0.29) is 0 Å². The van der Waals surface area contributed by atoms with E-state index in [0.717, 1.165) is 24.0 Å². The first kappa shape index (κ1) is 14.7. The van der Waals surface area contributed by atoms with Crippen molar-refractivity contribution in [3.8, 4) is 5.75 Å². The maximum absolute atomic E-state index is 5.95. The Balaban J connectivity index is 1.73. The highest BCUT2D eigenvalue weighted by Gasteiger charge is 2.33. The molecule has 116 valence electrons. The number of benzene rings is 1. The Morgan fingerprint density at radius 3 is 2.95 bits per heavy atom. The van der Waals surface area contributed by atoms with Crippen LogP contribution in [0.15, 0.2) is 18.2 Å². The Morgan fingerprint density at radius 1 is 1.29 bits per heavy atom. The predicted octanol–water partition coefficient (Wildman–Crippen LogP) is 2.34. The van der Waals surface area contributed by atoms with Gasteiger partial charge in [0.05, 0.1) is 7.11 Å². The molecule has 2 fully saturated rings. The zero-order chi connectivity index (χ0) is 14.8. The van der Waals surface area contributed by atoms with Crippen molar-refractivity contribution in [3.05, 3.63) is 23.8 Å². The van der Waals surface area contributed by atoms with Crippen LogP contribution in [-0.4, -0.2) is 48.6 Å². The van der Waals surface area contributed by atoms with Crippen molar-refractivity contribution in [2.45, 2.75) is 44.8 Å². The second kappa shape index (κ2) is 6.24. The topological polar surface area (TPSA) is 41.7 Å². The van der Waals surface area contributed by atoms with Gasteiger partial charge in [0.15, 0.2) is 0 Å². The summed E-state index contributed by atoms with van der Waals surface area (Å²) in [7, 11) is 1.73. The monoisotopic (exact) mass is 289 g/mol. The summed E-state index contributed by atoms with van der Waals surface area (Å²) in [6.07, 6.45) is 4.09. The van der Waals surface area contributed by atoms with Crippen molar-refractivity contribution in [3.63, 3.8) is 0 Å². The molecule has 0 aromatic heterocycles. The third-order valence-electron chi connectivity index (χ3n) is 4.99. The zero-order valence-electron chi connectivity index (χ0n) is 13.2. The molecule has 2 aliphatic heterocycles. The summed E-state index contributed by atoms with van der Waals surface area (Å²) in [5.41, 5.74) is 7.96. The van der Waals surface area contributed by atoms with Gasteiger partial charge in [-0.15, -0.1) is 0 Å². The van der Waals surface area contributed by atoms with Crippen LogP contribution in [0.3, 0.4) is 0 Å². The highest BCUT2D eigenvalue weighted by Crippen LogP contribution is 2.28. The van der Waals surface area contributed by atoms with Gasteiger partial charge in [-0.1, -0.05) is 6.42 Å². The van der Waals surface area contributed by atoms with Gasteiger partial charge in [-0.05, 0) is 44.5 Å². The van der Waals surface area contributed by atoms with Gasteiger partial charge in [0.25, 0.3) is 0 Å². The largest absolute Gasteiger partial charge is 0.496 e. The highest BCUT2D eigenvalue weighted by atomic mass is 16.5. The van der Waals surface area contributed by atoms with Crippen molar-refractivity contribution < 1.29 is 4.74 Å². The molecule has 2 unspecified atom stereocenters. The number of piperidine rings is 1. The molecular formula is C17H27N3O. The van der Waals surface area contributed by atoms with Crippen LogP contribution in [0.25, 0.3) is 0 Å². The van der Waals surface area contributed by atoms with E-state index in [0.29, 0.717) is 6.04 Å². The molecule has 0 bridgehead atoms. The van der Waals surface area contributed by atoms with Gasteiger partial charge in [0, 0.05) is 43.0 Å². The fourth-order valence-electron chi connectivity index (χ4n) is 3.77. The van der Waals surface area contributed by atoms with Crippen molar-refractivity contribution in [2.24, 2.45) is 0 Å². The normalized spacial score (nSPS) is 27.3. The highest BCUT2D eigenvalue weighted by molar-refractivity contribution is 5.47. The van der Waals surface area contributed by atoms with Crippen molar-refractivity contribution in [1.29, 1.82) is 0 Å². The second-order valence-corrected chi connectivity index (χ2v) is 6.49. The molecule has 21 heavy (non-hydrogen) atoms. The van der Waals surface area contributed by atoms with Crippen molar-refractivity contribution in [2.75, 3.05) is 32.5 Å². The molecule has 2 N–H and O–H groups in total. The minimum atomic E-state index is 0.588. The van der Waals surface area contributed by atoms with Gasteiger partial charge in [0.1, 0.15) is 5.75 Å². The number of fused-ring (bicyclic) bond motifs is 1. The van der Waals surface area contributed by atoms with Gasteiger partial charge in [-0.3, -0.25) is 9.80 Å². The second-order valence-electron chi connectivity index (χ2n) is 6.49. The van der Waals surface area contributed by atoms with E-state index < -0.39 is 0 Å². The summed E-state index contributed by atoms with van der Waals surface area (Å²) < 4.78 is 5.49. The molecule has 2 saturated heterocycles. The maximum atomic E-state index is 5.95.